The first-order valence-electron chi connectivity index (χ1n) is 9.40. The quantitative estimate of drug-likeness (QED) is 0.379. The van der Waals surface area contributed by atoms with Crippen molar-refractivity contribution in [3.05, 3.63) is 39.0 Å². The number of methoxy groups -OCH3 is 1. The monoisotopic (exact) mass is 420 g/mol. The summed E-state index contributed by atoms with van der Waals surface area (Å²) < 4.78 is 12.5. The van der Waals surface area contributed by atoms with Gasteiger partial charge in [0, 0.05) is 49.0 Å². The van der Waals surface area contributed by atoms with Crippen LogP contribution in [0.4, 0.5) is 5.00 Å². The van der Waals surface area contributed by atoms with Crippen molar-refractivity contribution in [3.63, 3.8) is 0 Å². The van der Waals surface area contributed by atoms with Crippen LogP contribution in [0.5, 0.6) is 0 Å². The molecule has 0 aliphatic carbocycles. The lowest BCUT2D eigenvalue weighted by Crippen LogP contribution is -2.17. The van der Waals surface area contributed by atoms with Gasteiger partial charge in [0.15, 0.2) is 6.61 Å². The second kappa shape index (κ2) is 9.84. The minimum absolute atomic E-state index is 0.255. The smallest absolute Gasteiger partial charge is 0.341 e. The van der Waals surface area contributed by atoms with Crippen LogP contribution in [0.25, 0.3) is 0 Å². The SMILES string of the molecule is COCCCn1c(C)cc(C(=O)COC(=O)c2c(NC(C)=O)sc(C)c2C)c1C. The van der Waals surface area contributed by atoms with Crippen LogP contribution in [0, 0.1) is 27.7 Å². The molecule has 0 aromatic carbocycles. The number of nitrogens with zero attached hydrogens (tertiary/aromatic N) is 1. The van der Waals surface area contributed by atoms with E-state index in [-0.39, 0.29) is 18.3 Å². The number of Topliss-reactive ketones (excluding diaryl/α,β-unsaturated/α-hetero) is 1. The van der Waals surface area contributed by atoms with Crippen LogP contribution in [0.2, 0.25) is 0 Å². The molecule has 2 rings (SSSR count). The lowest BCUT2D eigenvalue weighted by Gasteiger charge is -2.10. The molecule has 0 aliphatic heterocycles. The molecule has 0 saturated heterocycles. The number of carbonyl (C=O) groups is 3. The van der Waals surface area contributed by atoms with Gasteiger partial charge < -0.3 is 19.4 Å². The molecule has 0 radical (unpaired) electrons. The first kappa shape index (κ1) is 22.8. The van der Waals surface area contributed by atoms with Crippen LogP contribution in [0.1, 0.15) is 55.9 Å². The van der Waals surface area contributed by atoms with Gasteiger partial charge in [-0.25, -0.2) is 4.79 Å². The molecule has 2 heterocycles. The molecule has 0 atom stereocenters. The number of amides is 1. The van der Waals surface area contributed by atoms with Crippen LogP contribution in [0.15, 0.2) is 6.07 Å². The average Bonchev–Trinajstić information content (AvgIpc) is 3.08. The Bertz CT molecular complexity index is 926. The average molecular weight is 421 g/mol. The van der Waals surface area contributed by atoms with Crippen molar-refractivity contribution in [2.75, 3.05) is 25.6 Å². The predicted molar refractivity (Wildman–Crippen MR) is 113 cm³/mol. The fourth-order valence-electron chi connectivity index (χ4n) is 3.20. The molecule has 0 fully saturated rings. The van der Waals surface area contributed by atoms with Crippen LogP contribution in [-0.2, 0) is 20.8 Å². The highest BCUT2D eigenvalue weighted by molar-refractivity contribution is 7.16. The number of carbonyl (C=O) groups excluding carboxylic acids is 3. The lowest BCUT2D eigenvalue weighted by molar-refractivity contribution is -0.114. The zero-order valence-corrected chi connectivity index (χ0v) is 18.6. The Hall–Kier alpha value is -2.45. The van der Waals surface area contributed by atoms with E-state index in [4.69, 9.17) is 9.47 Å². The molecule has 0 spiro atoms. The molecule has 7 nitrogen and oxygen atoms in total. The third-order valence-electron chi connectivity index (χ3n) is 4.82. The Morgan fingerprint density at radius 1 is 1.17 bits per heavy atom. The second-order valence-electron chi connectivity index (χ2n) is 6.95. The Labute approximate surface area is 175 Å². The largest absolute Gasteiger partial charge is 0.454 e. The van der Waals surface area contributed by atoms with Crippen molar-refractivity contribution in [1.29, 1.82) is 0 Å². The number of thiophene rings is 1. The van der Waals surface area contributed by atoms with Crippen molar-refractivity contribution in [2.45, 2.75) is 47.6 Å². The summed E-state index contributed by atoms with van der Waals surface area (Å²) in [6, 6.07) is 1.82. The van der Waals surface area contributed by atoms with Crippen molar-refractivity contribution < 1.29 is 23.9 Å². The Morgan fingerprint density at radius 3 is 2.48 bits per heavy atom. The maximum absolute atomic E-state index is 12.7. The summed E-state index contributed by atoms with van der Waals surface area (Å²) in [7, 11) is 1.66. The summed E-state index contributed by atoms with van der Waals surface area (Å²) in [5.41, 5.74) is 3.42. The summed E-state index contributed by atoms with van der Waals surface area (Å²) in [6.45, 7) is 9.92. The van der Waals surface area contributed by atoms with E-state index in [0.29, 0.717) is 22.7 Å². The van der Waals surface area contributed by atoms with Gasteiger partial charge in [-0.2, -0.15) is 0 Å². The number of ether oxygens (including phenoxy) is 2. The summed E-state index contributed by atoms with van der Waals surface area (Å²) in [6.07, 6.45) is 0.845. The molecule has 2 aromatic rings. The molecule has 0 saturated carbocycles. The second-order valence-corrected chi connectivity index (χ2v) is 8.18. The van der Waals surface area contributed by atoms with E-state index in [1.807, 2.05) is 26.8 Å². The fourth-order valence-corrected chi connectivity index (χ4v) is 4.29. The van der Waals surface area contributed by atoms with E-state index in [1.165, 1.54) is 18.3 Å². The maximum atomic E-state index is 12.7. The highest BCUT2D eigenvalue weighted by Crippen LogP contribution is 2.33. The van der Waals surface area contributed by atoms with Crippen LogP contribution < -0.4 is 5.32 Å². The topological polar surface area (TPSA) is 86.6 Å². The molecular formula is C21H28N2O5S. The Balaban J connectivity index is 2.11. The van der Waals surface area contributed by atoms with Gasteiger partial charge >= 0.3 is 5.97 Å². The number of hydrogen-bond acceptors (Lipinski definition) is 6. The standard InChI is InChI=1S/C21H28N2O5S/c1-12-10-17(14(3)23(12)8-7-9-27-6)18(25)11-28-21(26)19-13(2)15(4)29-20(19)22-16(5)24/h10H,7-9,11H2,1-6H3,(H,22,24). The molecule has 8 heteroatoms. The first-order chi connectivity index (χ1) is 13.7. The molecular weight excluding hydrogens is 392 g/mol. The molecule has 2 aromatic heterocycles. The highest BCUT2D eigenvalue weighted by Gasteiger charge is 2.23. The van der Waals surface area contributed by atoms with Crippen LogP contribution >= 0.6 is 11.3 Å². The normalized spacial score (nSPS) is 10.8. The summed E-state index contributed by atoms with van der Waals surface area (Å²) in [4.78, 5) is 37.6. The Kier molecular flexibility index (Phi) is 7.75. The summed E-state index contributed by atoms with van der Waals surface area (Å²) >= 11 is 1.31. The van der Waals surface area contributed by atoms with Crippen molar-refractivity contribution in [2.24, 2.45) is 0 Å². The van der Waals surface area contributed by atoms with Gasteiger partial charge in [0.25, 0.3) is 0 Å². The van der Waals surface area contributed by atoms with E-state index in [9.17, 15) is 14.4 Å². The molecule has 29 heavy (non-hydrogen) atoms. The lowest BCUT2D eigenvalue weighted by atomic mass is 10.1. The number of nitrogens with one attached hydrogen (secondary N) is 1. The zero-order chi connectivity index (χ0) is 21.7. The van der Waals surface area contributed by atoms with Gasteiger partial charge in [-0.1, -0.05) is 0 Å². The number of esters is 1. The molecule has 1 N–H and O–H groups in total. The fraction of sp³-hybridized carbons (Fsp3) is 0.476. The number of rotatable bonds is 9. The van der Waals surface area contributed by atoms with Gasteiger partial charge in [-0.3, -0.25) is 9.59 Å². The van der Waals surface area contributed by atoms with E-state index >= 15 is 0 Å². The summed E-state index contributed by atoms with van der Waals surface area (Å²) in [5.74, 6) is -1.13. The molecule has 0 unspecified atom stereocenters. The van der Waals surface area contributed by atoms with E-state index in [2.05, 4.69) is 9.88 Å². The number of ketones is 1. The predicted octanol–water partition coefficient (Wildman–Crippen LogP) is 3.82. The van der Waals surface area contributed by atoms with Crippen molar-refractivity contribution >= 4 is 34.0 Å². The van der Waals surface area contributed by atoms with E-state index in [1.54, 1.807) is 14.0 Å². The van der Waals surface area contributed by atoms with Gasteiger partial charge in [0.05, 0.1) is 5.56 Å². The van der Waals surface area contributed by atoms with Gasteiger partial charge in [-0.05, 0) is 45.7 Å². The van der Waals surface area contributed by atoms with E-state index in [0.717, 1.165) is 34.8 Å². The molecule has 0 bridgehead atoms. The summed E-state index contributed by atoms with van der Waals surface area (Å²) in [5, 5.41) is 3.11. The maximum Gasteiger partial charge on any atom is 0.341 e. The molecule has 158 valence electrons. The number of anilines is 1. The third-order valence-corrected chi connectivity index (χ3v) is 5.94. The van der Waals surface area contributed by atoms with Gasteiger partial charge in [0.2, 0.25) is 11.7 Å². The van der Waals surface area contributed by atoms with Crippen LogP contribution in [-0.4, -0.2) is 42.6 Å². The van der Waals surface area contributed by atoms with Crippen molar-refractivity contribution in [3.8, 4) is 0 Å². The molecule has 0 aliphatic rings. The Morgan fingerprint density at radius 2 is 1.86 bits per heavy atom. The minimum atomic E-state index is -0.613. The number of aryl methyl sites for hydroxylation is 2. The zero-order valence-electron chi connectivity index (χ0n) is 17.8. The van der Waals surface area contributed by atoms with Gasteiger partial charge in [0.1, 0.15) is 5.00 Å². The van der Waals surface area contributed by atoms with Crippen LogP contribution in [0.3, 0.4) is 0 Å². The van der Waals surface area contributed by atoms with Crippen molar-refractivity contribution in [1.82, 2.24) is 4.57 Å². The number of hydrogen-bond donors (Lipinski definition) is 1. The number of aromatic nitrogens is 1. The third kappa shape index (κ3) is 5.33. The van der Waals surface area contributed by atoms with E-state index < -0.39 is 5.97 Å². The molecule has 1 amide bonds. The highest BCUT2D eigenvalue weighted by atomic mass is 32.1. The minimum Gasteiger partial charge on any atom is -0.454 e. The first-order valence-corrected chi connectivity index (χ1v) is 10.2. The van der Waals surface area contributed by atoms with Gasteiger partial charge in [-0.15, -0.1) is 11.3 Å².